The van der Waals surface area contributed by atoms with E-state index in [4.69, 9.17) is 14.1 Å². The standard InChI is InChI=1S/C23H23N3O3S/c1-3-28-18-6-4-5-16-14-19(29-21(16)18)22(27)25-9-11-26(12-10-25)23-24-17-8-7-15(2)13-20(17)30-23/h4-8,13-14H,3,9-12H2,1-2H3. The molecule has 0 atom stereocenters. The first-order valence-corrected chi connectivity index (χ1v) is 11.0. The zero-order valence-electron chi connectivity index (χ0n) is 17.1. The number of aromatic nitrogens is 1. The van der Waals surface area contributed by atoms with Gasteiger partial charge >= 0.3 is 0 Å². The number of aryl methyl sites for hydroxylation is 1. The fraction of sp³-hybridized carbons (Fsp3) is 0.304. The lowest BCUT2D eigenvalue weighted by molar-refractivity contribution is 0.0717. The molecule has 0 unspecified atom stereocenters. The van der Waals surface area contributed by atoms with E-state index >= 15 is 0 Å². The summed E-state index contributed by atoms with van der Waals surface area (Å²) in [4.78, 5) is 21.9. The Balaban J connectivity index is 1.30. The highest BCUT2D eigenvalue weighted by Crippen LogP contribution is 2.31. The number of carbonyl (C=O) groups is 1. The molecule has 0 radical (unpaired) electrons. The maximum absolute atomic E-state index is 13.0. The molecule has 7 heteroatoms. The number of rotatable bonds is 4. The molecule has 0 aliphatic carbocycles. The predicted molar refractivity (Wildman–Crippen MR) is 120 cm³/mol. The first kappa shape index (κ1) is 18.9. The molecule has 1 aliphatic heterocycles. The Morgan fingerprint density at radius 3 is 2.80 bits per heavy atom. The van der Waals surface area contributed by atoms with Crippen molar-refractivity contribution in [3.63, 3.8) is 0 Å². The minimum atomic E-state index is -0.0757. The van der Waals surface area contributed by atoms with Crippen LogP contribution in [-0.2, 0) is 0 Å². The van der Waals surface area contributed by atoms with Crippen molar-refractivity contribution in [1.29, 1.82) is 0 Å². The molecule has 5 rings (SSSR count). The molecule has 1 amide bonds. The van der Waals surface area contributed by atoms with Gasteiger partial charge in [-0.25, -0.2) is 4.98 Å². The number of hydrogen-bond acceptors (Lipinski definition) is 6. The van der Waals surface area contributed by atoms with Crippen LogP contribution in [-0.4, -0.2) is 48.6 Å². The van der Waals surface area contributed by atoms with Gasteiger partial charge in [0.2, 0.25) is 0 Å². The van der Waals surface area contributed by atoms with Gasteiger partial charge < -0.3 is 19.0 Å². The van der Waals surface area contributed by atoms with Gasteiger partial charge in [0, 0.05) is 31.6 Å². The minimum absolute atomic E-state index is 0.0757. The molecule has 0 N–H and O–H groups in total. The second kappa shape index (κ2) is 7.65. The van der Waals surface area contributed by atoms with Crippen molar-refractivity contribution >= 4 is 43.6 Å². The van der Waals surface area contributed by atoms with Gasteiger partial charge in [-0.05, 0) is 43.7 Å². The van der Waals surface area contributed by atoms with Gasteiger partial charge in [-0.1, -0.05) is 29.5 Å². The number of nitrogens with zero attached hydrogens (tertiary/aromatic N) is 3. The van der Waals surface area contributed by atoms with E-state index in [1.165, 1.54) is 10.3 Å². The van der Waals surface area contributed by atoms with Gasteiger partial charge in [0.1, 0.15) is 0 Å². The summed E-state index contributed by atoms with van der Waals surface area (Å²) in [5.74, 6) is 0.958. The predicted octanol–water partition coefficient (Wildman–Crippen LogP) is 4.71. The van der Waals surface area contributed by atoms with Crippen molar-refractivity contribution < 1.29 is 13.9 Å². The zero-order valence-corrected chi connectivity index (χ0v) is 17.9. The molecule has 0 spiro atoms. The third-order valence-corrected chi connectivity index (χ3v) is 6.47. The molecular weight excluding hydrogens is 398 g/mol. The van der Waals surface area contributed by atoms with E-state index in [9.17, 15) is 4.79 Å². The summed E-state index contributed by atoms with van der Waals surface area (Å²) in [5.41, 5.74) is 2.91. The van der Waals surface area contributed by atoms with Crippen LogP contribution in [0.4, 0.5) is 5.13 Å². The van der Waals surface area contributed by atoms with E-state index in [2.05, 4.69) is 30.0 Å². The molecule has 6 nitrogen and oxygen atoms in total. The molecule has 0 bridgehead atoms. The normalized spacial score (nSPS) is 14.6. The first-order chi connectivity index (χ1) is 14.6. The van der Waals surface area contributed by atoms with Crippen LogP contribution < -0.4 is 9.64 Å². The van der Waals surface area contributed by atoms with E-state index in [1.54, 1.807) is 11.3 Å². The lowest BCUT2D eigenvalue weighted by Crippen LogP contribution is -2.48. The van der Waals surface area contributed by atoms with Crippen LogP contribution in [0.25, 0.3) is 21.2 Å². The molecule has 1 saturated heterocycles. The average Bonchev–Trinajstić information content (AvgIpc) is 3.38. The average molecular weight is 422 g/mol. The summed E-state index contributed by atoms with van der Waals surface area (Å²) in [6.45, 7) is 7.38. The Kier molecular flexibility index (Phi) is 4.83. The van der Waals surface area contributed by atoms with Crippen molar-refractivity contribution in [3.8, 4) is 5.75 Å². The Labute approximate surface area is 178 Å². The monoisotopic (exact) mass is 421 g/mol. The number of ether oxygens (including phenoxy) is 1. The van der Waals surface area contributed by atoms with Crippen LogP contribution in [0.2, 0.25) is 0 Å². The number of thiazole rings is 1. The SMILES string of the molecule is CCOc1cccc2cc(C(=O)N3CCN(c4nc5ccc(C)cc5s4)CC3)oc12. The maximum atomic E-state index is 13.0. The van der Waals surface area contributed by atoms with Crippen LogP contribution in [0, 0.1) is 6.92 Å². The summed E-state index contributed by atoms with van der Waals surface area (Å²) in [6.07, 6.45) is 0. The molecule has 3 heterocycles. The highest BCUT2D eigenvalue weighted by Gasteiger charge is 2.26. The smallest absolute Gasteiger partial charge is 0.289 e. The van der Waals surface area contributed by atoms with Gasteiger partial charge in [0.25, 0.3) is 5.91 Å². The number of benzene rings is 2. The molecule has 0 saturated carbocycles. The van der Waals surface area contributed by atoms with E-state index in [-0.39, 0.29) is 5.91 Å². The quantitative estimate of drug-likeness (QED) is 0.478. The van der Waals surface area contributed by atoms with E-state index in [1.807, 2.05) is 36.1 Å². The van der Waals surface area contributed by atoms with Gasteiger partial charge in [-0.3, -0.25) is 4.79 Å². The molecule has 154 valence electrons. The number of furan rings is 1. The molecule has 1 fully saturated rings. The van der Waals surface area contributed by atoms with Crippen LogP contribution in [0.15, 0.2) is 46.9 Å². The number of carbonyl (C=O) groups excluding carboxylic acids is 1. The molecule has 2 aromatic heterocycles. The Bertz CT molecular complexity index is 1220. The molecule has 1 aliphatic rings. The fourth-order valence-electron chi connectivity index (χ4n) is 3.82. The maximum Gasteiger partial charge on any atom is 0.289 e. The minimum Gasteiger partial charge on any atom is -0.490 e. The molecule has 30 heavy (non-hydrogen) atoms. The van der Waals surface area contributed by atoms with E-state index in [0.717, 1.165) is 29.1 Å². The number of hydrogen-bond donors (Lipinski definition) is 0. The van der Waals surface area contributed by atoms with Gasteiger partial charge in [-0.15, -0.1) is 0 Å². The second-order valence-corrected chi connectivity index (χ2v) is 8.47. The van der Waals surface area contributed by atoms with Gasteiger partial charge in [0.05, 0.1) is 16.8 Å². The van der Waals surface area contributed by atoms with Crippen molar-refractivity contribution in [2.45, 2.75) is 13.8 Å². The Hall–Kier alpha value is -3.06. The van der Waals surface area contributed by atoms with Gasteiger partial charge in [-0.2, -0.15) is 0 Å². The Morgan fingerprint density at radius 2 is 2.00 bits per heavy atom. The molecular formula is C23H23N3O3S. The summed E-state index contributed by atoms with van der Waals surface area (Å²) in [6, 6.07) is 13.9. The second-order valence-electron chi connectivity index (χ2n) is 7.47. The molecule has 2 aromatic carbocycles. The third-order valence-electron chi connectivity index (χ3n) is 5.39. The van der Waals surface area contributed by atoms with Crippen molar-refractivity contribution in [2.24, 2.45) is 0 Å². The van der Waals surface area contributed by atoms with Crippen molar-refractivity contribution in [1.82, 2.24) is 9.88 Å². The van der Waals surface area contributed by atoms with Crippen molar-refractivity contribution in [3.05, 3.63) is 53.8 Å². The van der Waals surface area contributed by atoms with Crippen LogP contribution in [0.1, 0.15) is 23.0 Å². The summed E-state index contributed by atoms with van der Waals surface area (Å²) in [7, 11) is 0. The van der Waals surface area contributed by atoms with Crippen LogP contribution in [0.3, 0.4) is 0 Å². The number of anilines is 1. The van der Waals surface area contributed by atoms with Crippen molar-refractivity contribution in [2.75, 3.05) is 37.7 Å². The number of fused-ring (bicyclic) bond motifs is 2. The topological polar surface area (TPSA) is 58.8 Å². The van der Waals surface area contributed by atoms with Crippen LogP contribution >= 0.6 is 11.3 Å². The first-order valence-electron chi connectivity index (χ1n) is 10.2. The number of para-hydroxylation sites is 1. The molecule has 4 aromatic rings. The largest absolute Gasteiger partial charge is 0.490 e. The van der Waals surface area contributed by atoms with Gasteiger partial charge in [0.15, 0.2) is 22.2 Å². The summed E-state index contributed by atoms with van der Waals surface area (Å²) in [5, 5.41) is 1.90. The Morgan fingerprint density at radius 1 is 1.17 bits per heavy atom. The van der Waals surface area contributed by atoms with E-state index < -0.39 is 0 Å². The summed E-state index contributed by atoms with van der Waals surface area (Å²) >= 11 is 1.71. The zero-order chi connectivity index (χ0) is 20.7. The van der Waals surface area contributed by atoms with Crippen LogP contribution in [0.5, 0.6) is 5.75 Å². The fourth-order valence-corrected chi connectivity index (χ4v) is 4.94. The lowest BCUT2D eigenvalue weighted by atomic mass is 10.2. The highest BCUT2D eigenvalue weighted by molar-refractivity contribution is 7.22. The number of amides is 1. The third kappa shape index (κ3) is 3.39. The van der Waals surface area contributed by atoms with E-state index in [0.29, 0.717) is 36.8 Å². The number of piperazine rings is 1. The highest BCUT2D eigenvalue weighted by atomic mass is 32.1. The summed E-state index contributed by atoms with van der Waals surface area (Å²) < 4.78 is 12.7. The lowest BCUT2D eigenvalue weighted by Gasteiger charge is -2.34.